The molecule has 0 bridgehead atoms. The van der Waals surface area contributed by atoms with Crippen LogP contribution in [-0.4, -0.2) is 29.9 Å². The maximum absolute atomic E-state index is 13.2. The molecule has 0 spiro atoms. The van der Waals surface area contributed by atoms with Crippen LogP contribution >= 0.6 is 0 Å². The summed E-state index contributed by atoms with van der Waals surface area (Å²) in [6.45, 7) is 1.74. The normalized spacial score (nSPS) is 13.1. The van der Waals surface area contributed by atoms with Gasteiger partial charge in [0.1, 0.15) is 16.4 Å². The van der Waals surface area contributed by atoms with E-state index in [-0.39, 0.29) is 16.4 Å². The van der Waals surface area contributed by atoms with Crippen LogP contribution in [0.1, 0.15) is 18.5 Å². The number of hydrogen-bond acceptors (Lipinski definition) is 5. The van der Waals surface area contributed by atoms with Gasteiger partial charge in [0, 0.05) is 18.7 Å². The third-order valence-electron chi connectivity index (χ3n) is 4.93. The minimum Gasteiger partial charge on any atom is -0.335 e. The van der Waals surface area contributed by atoms with Crippen LogP contribution in [0.2, 0.25) is 0 Å². The van der Waals surface area contributed by atoms with Gasteiger partial charge in [0.05, 0.1) is 11.6 Å². The molecule has 29 heavy (non-hydrogen) atoms. The van der Waals surface area contributed by atoms with Crippen molar-refractivity contribution in [3.05, 3.63) is 78.2 Å². The number of halogens is 1. The molecular formula is C21H18FN3O3S. The SMILES string of the molecule is C[C@H](c1ccc(F)cc1)N(C)S(=O)(=O)c1cnc2onc(-c3ccccc3)c2c1. The molecule has 6 nitrogen and oxygen atoms in total. The number of sulfonamides is 1. The Bertz CT molecular complexity index is 1260. The van der Waals surface area contributed by atoms with Gasteiger partial charge in [-0.3, -0.25) is 0 Å². The van der Waals surface area contributed by atoms with E-state index >= 15 is 0 Å². The molecule has 1 atom stereocenters. The lowest BCUT2D eigenvalue weighted by Crippen LogP contribution is -2.29. The van der Waals surface area contributed by atoms with E-state index in [2.05, 4.69) is 10.1 Å². The minimum atomic E-state index is -3.86. The fourth-order valence-electron chi connectivity index (χ4n) is 3.08. The first-order valence-electron chi connectivity index (χ1n) is 8.92. The van der Waals surface area contributed by atoms with E-state index in [0.29, 0.717) is 16.6 Å². The summed E-state index contributed by atoms with van der Waals surface area (Å²) in [6, 6.07) is 16.1. The van der Waals surface area contributed by atoms with Crippen molar-refractivity contribution in [2.75, 3.05) is 7.05 Å². The van der Waals surface area contributed by atoms with Crippen molar-refractivity contribution in [3.8, 4) is 11.3 Å². The predicted molar refractivity (Wildman–Crippen MR) is 107 cm³/mol. The monoisotopic (exact) mass is 411 g/mol. The summed E-state index contributed by atoms with van der Waals surface area (Å²) in [5.41, 5.74) is 2.27. The molecule has 0 unspecified atom stereocenters. The zero-order chi connectivity index (χ0) is 20.6. The molecule has 0 aliphatic carbocycles. The molecular weight excluding hydrogens is 393 g/mol. The minimum absolute atomic E-state index is 0.0295. The van der Waals surface area contributed by atoms with Gasteiger partial charge in [-0.05, 0) is 30.7 Å². The van der Waals surface area contributed by atoms with Crippen LogP contribution in [0, 0.1) is 5.82 Å². The van der Waals surface area contributed by atoms with E-state index in [9.17, 15) is 12.8 Å². The fourth-order valence-corrected chi connectivity index (χ4v) is 4.41. The fraction of sp³-hybridized carbons (Fsp3) is 0.143. The van der Waals surface area contributed by atoms with Crippen molar-refractivity contribution in [1.29, 1.82) is 0 Å². The van der Waals surface area contributed by atoms with Gasteiger partial charge in [0.2, 0.25) is 10.0 Å². The Balaban J connectivity index is 1.73. The van der Waals surface area contributed by atoms with Gasteiger partial charge in [-0.25, -0.2) is 17.8 Å². The Hall–Kier alpha value is -3.10. The highest BCUT2D eigenvalue weighted by Gasteiger charge is 2.28. The zero-order valence-corrected chi connectivity index (χ0v) is 16.6. The third-order valence-corrected chi connectivity index (χ3v) is 6.82. The van der Waals surface area contributed by atoms with Gasteiger partial charge in [0.15, 0.2) is 0 Å². The molecule has 2 heterocycles. The maximum Gasteiger partial charge on any atom is 0.258 e. The number of rotatable bonds is 5. The molecule has 2 aromatic carbocycles. The molecule has 0 aliphatic heterocycles. The number of nitrogens with zero attached hydrogens (tertiary/aromatic N) is 3. The summed E-state index contributed by atoms with van der Waals surface area (Å²) in [6.07, 6.45) is 1.26. The quantitative estimate of drug-likeness (QED) is 0.486. The highest BCUT2D eigenvalue weighted by atomic mass is 32.2. The van der Waals surface area contributed by atoms with Crippen molar-refractivity contribution in [1.82, 2.24) is 14.4 Å². The van der Waals surface area contributed by atoms with Gasteiger partial charge in [0.25, 0.3) is 5.71 Å². The van der Waals surface area contributed by atoms with Gasteiger partial charge >= 0.3 is 0 Å². The van der Waals surface area contributed by atoms with Crippen LogP contribution in [0.5, 0.6) is 0 Å². The molecule has 0 N–H and O–H groups in total. The second kappa shape index (κ2) is 7.38. The van der Waals surface area contributed by atoms with Gasteiger partial charge in [-0.1, -0.05) is 47.6 Å². The summed E-state index contributed by atoms with van der Waals surface area (Å²) in [5, 5.41) is 4.56. The molecule has 148 valence electrons. The smallest absolute Gasteiger partial charge is 0.258 e. The number of benzene rings is 2. The predicted octanol–water partition coefficient (Wildman–Crippen LogP) is 4.41. The van der Waals surface area contributed by atoms with E-state index in [1.807, 2.05) is 30.3 Å². The van der Waals surface area contributed by atoms with E-state index < -0.39 is 16.1 Å². The first-order chi connectivity index (χ1) is 13.9. The Kier molecular flexibility index (Phi) is 4.89. The molecule has 0 fully saturated rings. The van der Waals surface area contributed by atoms with Crippen LogP contribution in [0.15, 0.2) is 76.3 Å². The largest absolute Gasteiger partial charge is 0.335 e. The lowest BCUT2D eigenvalue weighted by Gasteiger charge is -2.24. The molecule has 0 aliphatic rings. The Morgan fingerprint density at radius 1 is 1.07 bits per heavy atom. The molecule has 0 saturated carbocycles. The third kappa shape index (κ3) is 3.52. The molecule has 4 rings (SSSR count). The van der Waals surface area contributed by atoms with Gasteiger partial charge in [-0.15, -0.1) is 0 Å². The lowest BCUT2D eigenvalue weighted by molar-refractivity contribution is 0.398. The van der Waals surface area contributed by atoms with Crippen LogP contribution in [0.25, 0.3) is 22.4 Å². The summed E-state index contributed by atoms with van der Waals surface area (Å²) in [4.78, 5) is 4.16. The number of pyridine rings is 1. The average Bonchev–Trinajstić information content (AvgIpc) is 3.17. The number of fused-ring (bicyclic) bond motifs is 1. The average molecular weight is 411 g/mol. The van der Waals surface area contributed by atoms with Crippen molar-refractivity contribution in [3.63, 3.8) is 0 Å². The van der Waals surface area contributed by atoms with Crippen LogP contribution in [-0.2, 0) is 10.0 Å². The molecule has 4 aromatic rings. The van der Waals surface area contributed by atoms with E-state index in [0.717, 1.165) is 5.56 Å². The highest BCUT2D eigenvalue weighted by molar-refractivity contribution is 7.89. The molecule has 2 aromatic heterocycles. The first kappa shape index (κ1) is 19.2. The highest BCUT2D eigenvalue weighted by Crippen LogP contribution is 2.31. The topological polar surface area (TPSA) is 76.3 Å². The van der Waals surface area contributed by atoms with Crippen molar-refractivity contribution < 1.29 is 17.3 Å². The maximum atomic E-state index is 13.2. The van der Waals surface area contributed by atoms with Crippen molar-refractivity contribution >= 4 is 21.1 Å². The summed E-state index contributed by atoms with van der Waals surface area (Å²) in [5.74, 6) is -0.373. The summed E-state index contributed by atoms with van der Waals surface area (Å²) >= 11 is 0. The summed E-state index contributed by atoms with van der Waals surface area (Å²) in [7, 11) is -2.37. The molecule has 0 saturated heterocycles. The second-order valence-electron chi connectivity index (χ2n) is 6.67. The lowest BCUT2D eigenvalue weighted by atomic mass is 10.1. The van der Waals surface area contributed by atoms with E-state index in [1.54, 1.807) is 19.1 Å². The van der Waals surface area contributed by atoms with Gasteiger partial charge in [-0.2, -0.15) is 4.31 Å². The van der Waals surface area contributed by atoms with Crippen molar-refractivity contribution in [2.24, 2.45) is 0 Å². The molecule has 0 radical (unpaired) electrons. The molecule has 0 amide bonds. The van der Waals surface area contributed by atoms with Crippen LogP contribution in [0.3, 0.4) is 0 Å². The number of hydrogen-bond donors (Lipinski definition) is 0. The molecule has 8 heteroatoms. The van der Waals surface area contributed by atoms with E-state index in [4.69, 9.17) is 4.52 Å². The standard InChI is InChI=1S/C21H18FN3O3S/c1-14(15-8-10-17(22)11-9-15)25(2)29(26,27)18-12-19-20(16-6-4-3-5-7-16)24-28-21(19)23-13-18/h3-14H,1-2H3/t14-/m1/s1. The van der Waals surface area contributed by atoms with E-state index in [1.165, 1.54) is 35.7 Å². The number of aromatic nitrogens is 2. The Morgan fingerprint density at radius 3 is 2.45 bits per heavy atom. The second-order valence-corrected chi connectivity index (χ2v) is 8.67. The van der Waals surface area contributed by atoms with Crippen LogP contribution < -0.4 is 0 Å². The van der Waals surface area contributed by atoms with Crippen LogP contribution in [0.4, 0.5) is 4.39 Å². The first-order valence-corrected chi connectivity index (χ1v) is 10.4. The summed E-state index contributed by atoms with van der Waals surface area (Å²) < 4.78 is 46.1. The zero-order valence-electron chi connectivity index (χ0n) is 15.8. The Morgan fingerprint density at radius 2 is 1.76 bits per heavy atom. The van der Waals surface area contributed by atoms with Gasteiger partial charge < -0.3 is 4.52 Å². The Labute approximate surface area is 167 Å². The van der Waals surface area contributed by atoms with Crippen molar-refractivity contribution in [2.45, 2.75) is 17.9 Å².